The normalized spacial score (nSPS) is 30.9. The number of likely N-dealkylation sites (N-methyl/N-ethyl adjacent to an activating group) is 1. The van der Waals surface area contributed by atoms with Crippen LogP contribution in [0.15, 0.2) is 71.8 Å². The minimum atomic E-state index is -0.985. The molecule has 2 saturated heterocycles. The Balaban J connectivity index is 0.967. The Kier molecular flexibility index (Phi) is 13.2. The maximum atomic E-state index is 14.9. The van der Waals surface area contributed by atoms with E-state index in [1.807, 2.05) is 60.7 Å². The van der Waals surface area contributed by atoms with Crippen molar-refractivity contribution in [1.29, 1.82) is 0 Å². The van der Waals surface area contributed by atoms with E-state index >= 15 is 0 Å². The first-order chi connectivity index (χ1) is 31.9. The van der Waals surface area contributed by atoms with Gasteiger partial charge in [0, 0.05) is 43.7 Å². The summed E-state index contributed by atoms with van der Waals surface area (Å²) in [5.74, 6) is -1.08. The lowest BCUT2D eigenvalue weighted by Gasteiger charge is -2.53. The molecule has 9 unspecified atom stereocenters. The third-order valence-electron chi connectivity index (χ3n) is 15.9. The summed E-state index contributed by atoms with van der Waals surface area (Å²) in [5, 5.41) is 13.2. The highest BCUT2D eigenvalue weighted by molar-refractivity contribution is 5.98. The molecular formula is C55H72N2O10. The third-order valence-corrected chi connectivity index (χ3v) is 15.9. The smallest absolute Gasteiger partial charge is 0.339 e. The Morgan fingerprint density at radius 1 is 0.925 bits per heavy atom. The van der Waals surface area contributed by atoms with E-state index in [0.29, 0.717) is 23.0 Å². The molecule has 2 aliphatic heterocycles. The Bertz CT molecular complexity index is 2240. The fourth-order valence-electron chi connectivity index (χ4n) is 11.8. The number of epoxide rings is 1. The highest BCUT2D eigenvalue weighted by atomic mass is 16.8. The van der Waals surface area contributed by atoms with Gasteiger partial charge < -0.3 is 39.0 Å². The number of aliphatic hydroxyl groups is 1. The first kappa shape index (κ1) is 47.7. The SMILES string of the molecule is CN(C(=O)C1=CC2OC(C3CC3)(C3CC3)OC2C(OC(=O)c2ccccc2C=C2CCC3OC3(C)CCC3C2CC3(C)C)C1)C(Cc1ccccc1)C(=O)NC(CO)CCC(=O)OC(C)(C)C. The number of hydrogen-bond acceptors (Lipinski definition) is 10. The Morgan fingerprint density at radius 2 is 1.63 bits per heavy atom. The first-order valence-electron chi connectivity index (χ1n) is 25.0. The largest absolute Gasteiger partial charge is 0.460 e. The van der Waals surface area contributed by atoms with Gasteiger partial charge >= 0.3 is 11.9 Å². The zero-order valence-corrected chi connectivity index (χ0v) is 40.6. The summed E-state index contributed by atoms with van der Waals surface area (Å²) in [5.41, 5.74) is 3.42. The molecule has 12 nitrogen and oxygen atoms in total. The second-order valence-electron chi connectivity index (χ2n) is 22.6. The lowest BCUT2D eigenvalue weighted by Crippen LogP contribution is -2.53. The molecule has 362 valence electrons. The summed E-state index contributed by atoms with van der Waals surface area (Å²) >= 11 is 0. The molecule has 0 spiro atoms. The van der Waals surface area contributed by atoms with Crippen molar-refractivity contribution in [3.63, 3.8) is 0 Å². The number of nitrogens with one attached hydrogen (secondary N) is 1. The Labute approximate surface area is 396 Å². The van der Waals surface area contributed by atoms with Crippen LogP contribution in [0, 0.1) is 29.1 Å². The van der Waals surface area contributed by atoms with E-state index in [-0.39, 0.29) is 54.6 Å². The number of ether oxygens (including phenoxy) is 5. The van der Waals surface area contributed by atoms with Crippen LogP contribution in [-0.2, 0) is 44.5 Å². The molecule has 9 rings (SSSR count). The quantitative estimate of drug-likeness (QED) is 0.132. The van der Waals surface area contributed by atoms with Crippen LogP contribution in [0.2, 0.25) is 0 Å². The fourth-order valence-corrected chi connectivity index (χ4v) is 11.8. The van der Waals surface area contributed by atoms with E-state index in [2.05, 4.69) is 32.2 Å². The predicted octanol–water partition coefficient (Wildman–Crippen LogP) is 8.29. The number of carbonyl (C=O) groups is 4. The molecule has 2 heterocycles. The molecule has 7 aliphatic rings. The summed E-state index contributed by atoms with van der Waals surface area (Å²) < 4.78 is 32.2. The second kappa shape index (κ2) is 18.5. The molecule has 4 saturated carbocycles. The Hall–Kier alpha value is -4.36. The van der Waals surface area contributed by atoms with Gasteiger partial charge in [-0.1, -0.05) is 74.0 Å². The molecule has 0 radical (unpaired) electrons. The molecule has 0 aromatic heterocycles. The first-order valence-corrected chi connectivity index (χ1v) is 25.0. The van der Waals surface area contributed by atoms with Crippen molar-refractivity contribution in [1.82, 2.24) is 10.2 Å². The van der Waals surface area contributed by atoms with Gasteiger partial charge in [-0.2, -0.15) is 0 Å². The fraction of sp³-hybridized carbons (Fsp3) is 0.636. The van der Waals surface area contributed by atoms with Crippen molar-refractivity contribution in [3.8, 4) is 0 Å². The maximum Gasteiger partial charge on any atom is 0.339 e. The number of fused-ring (bicyclic) bond motifs is 3. The van der Waals surface area contributed by atoms with Crippen LogP contribution in [0.3, 0.4) is 0 Å². The van der Waals surface area contributed by atoms with Crippen LogP contribution in [0.25, 0.3) is 6.08 Å². The number of carbonyl (C=O) groups excluding carboxylic acids is 4. The summed E-state index contributed by atoms with van der Waals surface area (Å²) in [6, 6.07) is 15.4. The lowest BCUT2D eigenvalue weighted by atomic mass is 9.52. The van der Waals surface area contributed by atoms with Gasteiger partial charge in [-0.25, -0.2) is 4.79 Å². The molecule has 2 N–H and O–H groups in total. The van der Waals surface area contributed by atoms with Crippen LogP contribution in [0.5, 0.6) is 0 Å². The molecule has 2 amide bonds. The van der Waals surface area contributed by atoms with E-state index in [9.17, 15) is 24.3 Å². The number of allylic oxidation sites excluding steroid dienone is 1. The maximum absolute atomic E-state index is 14.9. The van der Waals surface area contributed by atoms with Crippen molar-refractivity contribution >= 4 is 29.8 Å². The molecule has 2 aromatic carbocycles. The summed E-state index contributed by atoms with van der Waals surface area (Å²) in [6.07, 6.45) is 11.8. The average molecular weight is 921 g/mol. The van der Waals surface area contributed by atoms with Gasteiger partial charge in [-0.3, -0.25) is 14.4 Å². The van der Waals surface area contributed by atoms with Gasteiger partial charge in [-0.05, 0) is 132 Å². The van der Waals surface area contributed by atoms with Crippen LogP contribution < -0.4 is 5.32 Å². The minimum Gasteiger partial charge on any atom is -0.460 e. The number of hydrogen-bond donors (Lipinski definition) is 2. The van der Waals surface area contributed by atoms with Crippen molar-refractivity contribution < 1.29 is 48.0 Å². The van der Waals surface area contributed by atoms with Gasteiger partial charge in [0.25, 0.3) is 0 Å². The van der Waals surface area contributed by atoms with Crippen molar-refractivity contribution in [2.24, 2.45) is 29.1 Å². The number of nitrogens with zero attached hydrogens (tertiary/aromatic N) is 1. The minimum absolute atomic E-state index is 0.00163. The highest BCUT2D eigenvalue weighted by Gasteiger charge is 2.65. The highest BCUT2D eigenvalue weighted by Crippen LogP contribution is 2.61. The summed E-state index contributed by atoms with van der Waals surface area (Å²) in [6.45, 7) is 12.0. The molecule has 12 heteroatoms. The molecular weight excluding hydrogens is 849 g/mol. The van der Waals surface area contributed by atoms with E-state index in [4.69, 9.17) is 23.7 Å². The number of benzene rings is 2. The van der Waals surface area contributed by atoms with E-state index in [0.717, 1.165) is 68.9 Å². The van der Waals surface area contributed by atoms with Gasteiger partial charge in [0.1, 0.15) is 30.0 Å². The standard InChI is InChI=1S/C55H72N2O10/c1-52(2,3)66-47(59)24-22-39(32-58)56-49(60)43(27-33-13-9-8-10-14-33)57(7)50(61)36-29-44(48-45(30-36)64-55(67-48,37-18-19-37)38-20-21-38)63-51(62)40-16-12-11-15-34(40)28-35-17-23-46-54(6,65-46)26-25-42-41(35)31-53(42,4)5/h8-16,28,30,37-39,41-46,48,58H,17-27,29,31-32H2,1-7H3,(H,56,60). The van der Waals surface area contributed by atoms with Gasteiger partial charge in [0.2, 0.25) is 11.8 Å². The second-order valence-corrected chi connectivity index (χ2v) is 22.6. The summed E-state index contributed by atoms with van der Waals surface area (Å²) in [4.78, 5) is 57.8. The van der Waals surface area contributed by atoms with Crippen LogP contribution in [0.4, 0.5) is 0 Å². The van der Waals surface area contributed by atoms with Crippen molar-refractivity contribution in [3.05, 3.63) is 88.5 Å². The zero-order valence-electron chi connectivity index (χ0n) is 40.6. The molecule has 5 aliphatic carbocycles. The average Bonchev–Trinajstić information content (AvgIpc) is 4.21. The molecule has 2 aromatic rings. The van der Waals surface area contributed by atoms with Crippen LogP contribution in [-0.4, -0.2) is 101 Å². The number of esters is 2. The molecule has 0 bridgehead atoms. The number of amides is 2. The predicted molar refractivity (Wildman–Crippen MR) is 252 cm³/mol. The lowest BCUT2D eigenvalue weighted by molar-refractivity contribution is -0.209. The third kappa shape index (κ3) is 10.3. The topological polar surface area (TPSA) is 153 Å². The van der Waals surface area contributed by atoms with Crippen molar-refractivity contribution in [2.75, 3.05) is 13.7 Å². The molecule has 6 fully saturated rings. The van der Waals surface area contributed by atoms with Crippen LogP contribution >= 0.6 is 0 Å². The van der Waals surface area contributed by atoms with E-state index < -0.39 is 72.1 Å². The molecule has 9 atom stereocenters. The van der Waals surface area contributed by atoms with Crippen LogP contribution in [0.1, 0.15) is 140 Å². The number of rotatable bonds is 15. The Morgan fingerprint density at radius 3 is 2.30 bits per heavy atom. The van der Waals surface area contributed by atoms with E-state index in [1.165, 1.54) is 10.5 Å². The van der Waals surface area contributed by atoms with Gasteiger partial charge in [-0.15, -0.1) is 0 Å². The van der Waals surface area contributed by atoms with E-state index in [1.54, 1.807) is 27.8 Å². The van der Waals surface area contributed by atoms with Gasteiger partial charge in [0.05, 0.1) is 29.9 Å². The number of aliphatic hydroxyl groups excluding tert-OH is 1. The zero-order chi connectivity index (χ0) is 47.5. The monoisotopic (exact) mass is 921 g/mol. The summed E-state index contributed by atoms with van der Waals surface area (Å²) in [7, 11) is 1.60. The van der Waals surface area contributed by atoms with Crippen molar-refractivity contribution in [2.45, 2.75) is 179 Å². The van der Waals surface area contributed by atoms with Gasteiger partial charge in [0.15, 0.2) is 5.79 Å². The molecule has 67 heavy (non-hydrogen) atoms.